The van der Waals surface area contributed by atoms with Crippen LogP contribution in [0.3, 0.4) is 0 Å². The Labute approximate surface area is 129 Å². The lowest BCUT2D eigenvalue weighted by Crippen LogP contribution is -2.32. The van der Waals surface area contributed by atoms with E-state index in [-0.39, 0.29) is 30.0 Å². The van der Waals surface area contributed by atoms with Gasteiger partial charge in [-0.1, -0.05) is 42.5 Å². The summed E-state index contributed by atoms with van der Waals surface area (Å²) < 4.78 is 21.7. The molecule has 0 heterocycles. The monoisotopic (exact) mass is 318 g/mol. The first-order valence-corrected chi connectivity index (χ1v) is 8.93. The molecule has 6 heteroatoms. The lowest BCUT2D eigenvalue weighted by molar-refractivity contribution is -0.122. The maximum atomic E-state index is 12.1. The summed E-state index contributed by atoms with van der Waals surface area (Å²) in [6, 6.07) is 14.2. The summed E-state index contributed by atoms with van der Waals surface area (Å²) >= 11 is 0. The Morgan fingerprint density at radius 1 is 1.18 bits per heavy atom. The van der Waals surface area contributed by atoms with Gasteiger partial charge in [0.05, 0.1) is 5.75 Å². The van der Waals surface area contributed by atoms with Gasteiger partial charge >= 0.3 is 0 Å². The fraction of sp³-hybridized carbons (Fsp3) is 0.312. The van der Waals surface area contributed by atoms with Gasteiger partial charge in [0.1, 0.15) is 0 Å². The van der Waals surface area contributed by atoms with Crippen LogP contribution in [0, 0.1) is 5.92 Å². The number of rotatable bonds is 5. The first-order valence-electron chi connectivity index (χ1n) is 7.21. The van der Waals surface area contributed by atoms with E-state index in [9.17, 15) is 13.2 Å². The minimum Gasteiger partial charge on any atom is -0.355 e. The zero-order chi connectivity index (χ0) is 15.7. The highest BCUT2D eigenvalue weighted by molar-refractivity contribution is 7.89. The summed E-state index contributed by atoms with van der Waals surface area (Å²) in [5, 5.41) is 9.91. The summed E-state index contributed by atoms with van der Waals surface area (Å²) in [7, 11) is -3.53. The van der Waals surface area contributed by atoms with E-state index in [2.05, 4.69) is 29.6 Å². The predicted molar refractivity (Wildman–Crippen MR) is 85.8 cm³/mol. The zero-order valence-electron chi connectivity index (χ0n) is 12.0. The van der Waals surface area contributed by atoms with Crippen molar-refractivity contribution in [2.45, 2.75) is 12.3 Å². The van der Waals surface area contributed by atoms with E-state index < -0.39 is 10.0 Å². The third-order valence-corrected chi connectivity index (χ3v) is 4.81. The molecular formula is C16H18N2O3S. The van der Waals surface area contributed by atoms with Crippen molar-refractivity contribution in [3.05, 3.63) is 48.0 Å². The molecule has 1 aliphatic rings. The molecule has 0 saturated heterocycles. The second kappa shape index (κ2) is 5.70. The van der Waals surface area contributed by atoms with Gasteiger partial charge in [0.15, 0.2) is 0 Å². The highest BCUT2D eigenvalue weighted by Gasteiger charge is 2.44. The lowest BCUT2D eigenvalue weighted by atomic mass is 10.00. The molecule has 0 unspecified atom stereocenters. The van der Waals surface area contributed by atoms with Gasteiger partial charge in [-0.25, -0.2) is 13.6 Å². The quantitative estimate of drug-likeness (QED) is 0.872. The second-order valence-electron chi connectivity index (χ2n) is 5.68. The van der Waals surface area contributed by atoms with Gasteiger partial charge in [-0.05, 0) is 28.7 Å². The molecule has 0 radical (unpaired) electrons. The molecule has 0 spiro atoms. The minimum absolute atomic E-state index is 0.0659. The van der Waals surface area contributed by atoms with Crippen LogP contribution in [0.2, 0.25) is 0 Å². The molecule has 116 valence electrons. The van der Waals surface area contributed by atoms with Crippen LogP contribution in [0.1, 0.15) is 17.9 Å². The molecule has 5 nitrogen and oxygen atoms in total. The number of nitrogens with one attached hydrogen (secondary N) is 1. The maximum absolute atomic E-state index is 12.1. The molecule has 1 saturated carbocycles. The Bertz CT molecular complexity index is 812. The number of carbonyl (C=O) groups is 1. The Morgan fingerprint density at radius 3 is 2.68 bits per heavy atom. The van der Waals surface area contributed by atoms with Crippen molar-refractivity contribution >= 4 is 26.7 Å². The highest BCUT2D eigenvalue weighted by atomic mass is 32.2. The topological polar surface area (TPSA) is 89.3 Å². The summed E-state index contributed by atoms with van der Waals surface area (Å²) in [4.78, 5) is 12.1. The molecule has 3 N–H and O–H groups in total. The van der Waals surface area contributed by atoms with E-state index in [1.807, 2.05) is 18.2 Å². The van der Waals surface area contributed by atoms with Crippen molar-refractivity contribution in [3.8, 4) is 0 Å². The molecule has 0 aliphatic heterocycles. The normalized spacial score (nSPS) is 20.8. The third-order valence-electron chi connectivity index (χ3n) is 4.04. The van der Waals surface area contributed by atoms with E-state index in [0.717, 1.165) is 6.42 Å². The Balaban J connectivity index is 1.67. The van der Waals surface area contributed by atoms with Gasteiger partial charge < -0.3 is 5.32 Å². The van der Waals surface area contributed by atoms with Crippen LogP contribution in [0.15, 0.2) is 42.5 Å². The molecule has 1 aliphatic carbocycles. The number of sulfonamides is 1. The standard InChI is InChI=1S/C16H18N2O3S/c17-22(20,21)9-8-18-16(19)15-10-14(15)13-7-3-5-11-4-1-2-6-12(11)13/h1-7,14-15H,8-10H2,(H,18,19)(H2,17,20,21)/t14-,15+/m0/s1. The van der Waals surface area contributed by atoms with E-state index in [1.54, 1.807) is 0 Å². The van der Waals surface area contributed by atoms with Crippen LogP contribution in [0.5, 0.6) is 0 Å². The number of primary sulfonamides is 1. The first-order chi connectivity index (χ1) is 10.5. The number of amides is 1. The molecule has 0 bridgehead atoms. The van der Waals surface area contributed by atoms with E-state index in [1.165, 1.54) is 16.3 Å². The lowest BCUT2D eigenvalue weighted by Gasteiger charge is -2.07. The number of hydrogen-bond donors (Lipinski definition) is 2. The fourth-order valence-corrected chi connectivity index (χ4v) is 3.24. The molecule has 2 atom stereocenters. The van der Waals surface area contributed by atoms with Crippen molar-refractivity contribution in [1.29, 1.82) is 0 Å². The Kier molecular flexibility index (Phi) is 3.88. The van der Waals surface area contributed by atoms with Gasteiger partial charge in [-0.15, -0.1) is 0 Å². The van der Waals surface area contributed by atoms with Crippen LogP contribution < -0.4 is 10.5 Å². The molecule has 22 heavy (non-hydrogen) atoms. The number of benzene rings is 2. The number of carbonyl (C=O) groups excluding carboxylic acids is 1. The van der Waals surface area contributed by atoms with Crippen LogP contribution >= 0.6 is 0 Å². The summed E-state index contributed by atoms with van der Waals surface area (Å²) in [5.41, 5.74) is 1.18. The second-order valence-corrected chi connectivity index (χ2v) is 7.41. The highest BCUT2D eigenvalue weighted by Crippen LogP contribution is 2.49. The Morgan fingerprint density at radius 2 is 1.91 bits per heavy atom. The van der Waals surface area contributed by atoms with Crippen LogP contribution in [0.4, 0.5) is 0 Å². The summed E-state index contributed by atoms with van der Waals surface area (Å²) in [6.45, 7) is 0.0659. The molecule has 3 rings (SSSR count). The fourth-order valence-electron chi connectivity index (χ4n) is 2.85. The number of fused-ring (bicyclic) bond motifs is 1. The number of hydrogen-bond acceptors (Lipinski definition) is 3. The van der Waals surface area contributed by atoms with Gasteiger partial charge in [0.25, 0.3) is 0 Å². The van der Waals surface area contributed by atoms with Crippen molar-refractivity contribution in [2.24, 2.45) is 11.1 Å². The molecule has 1 fully saturated rings. The van der Waals surface area contributed by atoms with E-state index in [0.29, 0.717) is 0 Å². The summed E-state index contributed by atoms with van der Waals surface area (Å²) in [5.74, 6) is -0.196. The molecule has 2 aromatic rings. The van der Waals surface area contributed by atoms with Gasteiger partial charge in [0, 0.05) is 12.5 Å². The van der Waals surface area contributed by atoms with Crippen LogP contribution in [-0.2, 0) is 14.8 Å². The van der Waals surface area contributed by atoms with Crippen molar-refractivity contribution in [2.75, 3.05) is 12.3 Å². The molecule has 2 aromatic carbocycles. The minimum atomic E-state index is -3.53. The van der Waals surface area contributed by atoms with Gasteiger partial charge in [0.2, 0.25) is 15.9 Å². The van der Waals surface area contributed by atoms with Crippen LogP contribution in [0.25, 0.3) is 10.8 Å². The third kappa shape index (κ3) is 3.28. The largest absolute Gasteiger partial charge is 0.355 e. The predicted octanol–water partition coefficient (Wildman–Crippen LogP) is 1.35. The van der Waals surface area contributed by atoms with E-state index >= 15 is 0 Å². The van der Waals surface area contributed by atoms with Crippen LogP contribution in [-0.4, -0.2) is 26.6 Å². The Hall–Kier alpha value is -1.92. The van der Waals surface area contributed by atoms with Crippen molar-refractivity contribution < 1.29 is 13.2 Å². The zero-order valence-corrected chi connectivity index (χ0v) is 12.8. The molecule has 1 amide bonds. The smallest absolute Gasteiger partial charge is 0.223 e. The molecule has 0 aromatic heterocycles. The maximum Gasteiger partial charge on any atom is 0.223 e. The SMILES string of the molecule is NS(=O)(=O)CCNC(=O)[C@@H]1C[C@H]1c1cccc2ccccc12. The van der Waals surface area contributed by atoms with Gasteiger partial charge in [-0.3, -0.25) is 4.79 Å². The molecular weight excluding hydrogens is 300 g/mol. The summed E-state index contributed by atoms with van der Waals surface area (Å²) in [6.07, 6.45) is 0.801. The average molecular weight is 318 g/mol. The van der Waals surface area contributed by atoms with Gasteiger partial charge in [-0.2, -0.15) is 0 Å². The van der Waals surface area contributed by atoms with Crippen molar-refractivity contribution in [1.82, 2.24) is 5.32 Å². The first kappa shape index (κ1) is 15.0. The number of nitrogens with two attached hydrogens (primary N) is 1. The van der Waals surface area contributed by atoms with E-state index in [4.69, 9.17) is 5.14 Å². The van der Waals surface area contributed by atoms with Crippen molar-refractivity contribution in [3.63, 3.8) is 0 Å². The average Bonchev–Trinajstić information content (AvgIpc) is 3.25.